The van der Waals surface area contributed by atoms with Crippen molar-refractivity contribution in [2.45, 2.75) is 84.7 Å². The Morgan fingerprint density at radius 3 is 2.00 bits per heavy atom. The molecule has 39 heavy (non-hydrogen) atoms. The minimum absolute atomic E-state index is 0.0152. The summed E-state index contributed by atoms with van der Waals surface area (Å²) in [6, 6.07) is 4.38. The molecule has 1 aromatic carbocycles. The highest BCUT2D eigenvalue weighted by Crippen LogP contribution is 2.30. The zero-order valence-electron chi connectivity index (χ0n) is 23.4. The number of carbonyl (C=O) groups excluding carboxylic acids is 3. The lowest BCUT2D eigenvalue weighted by Gasteiger charge is -2.20. The highest BCUT2D eigenvalue weighted by molar-refractivity contribution is 5.85. The smallest absolute Gasteiger partial charge is 0.407 e. The maximum atomic E-state index is 12.4. The molecule has 12 nitrogen and oxygen atoms in total. The number of aliphatic hydroxyl groups excluding tert-OH is 1. The molecule has 1 atom stereocenters. The van der Waals surface area contributed by atoms with Crippen LogP contribution in [0, 0.1) is 0 Å². The van der Waals surface area contributed by atoms with Crippen LogP contribution in [0.25, 0.3) is 6.08 Å². The van der Waals surface area contributed by atoms with Gasteiger partial charge in [0.1, 0.15) is 11.2 Å². The van der Waals surface area contributed by atoms with Crippen molar-refractivity contribution < 1.29 is 48.3 Å². The average Bonchev–Trinajstić information content (AvgIpc) is 2.77. The zero-order chi connectivity index (χ0) is 29.6. The minimum atomic E-state index is -1.28. The Morgan fingerprint density at radius 2 is 1.46 bits per heavy atom. The van der Waals surface area contributed by atoms with Crippen LogP contribution in [-0.4, -0.2) is 64.9 Å². The van der Waals surface area contributed by atoms with Crippen LogP contribution in [0.4, 0.5) is 9.59 Å². The third-order valence-corrected chi connectivity index (χ3v) is 4.39. The summed E-state index contributed by atoms with van der Waals surface area (Å²) in [7, 11) is 0. The second-order valence-electron chi connectivity index (χ2n) is 10.5. The number of aliphatic hydroxyl groups is 1. The lowest BCUT2D eigenvalue weighted by molar-refractivity contribution is -0.135. The topological polar surface area (TPSA) is 170 Å². The van der Waals surface area contributed by atoms with Gasteiger partial charge in [-0.05, 0) is 78.2 Å². The molecule has 0 aliphatic carbocycles. The molecule has 0 aromatic heterocycles. The molecular weight excluding hydrogens is 512 g/mol. The number of alkyl carbamates (subject to hydrolysis) is 2. The number of esters is 1. The van der Waals surface area contributed by atoms with E-state index in [0.29, 0.717) is 12.0 Å². The Kier molecular flexibility index (Phi) is 13.3. The fraction of sp³-hybridized carbons (Fsp3) is 0.556. The molecule has 1 rings (SSSR count). The van der Waals surface area contributed by atoms with E-state index in [1.807, 2.05) is 0 Å². The van der Waals surface area contributed by atoms with Gasteiger partial charge in [-0.2, -0.15) is 0 Å². The summed E-state index contributed by atoms with van der Waals surface area (Å²) < 4.78 is 21.2. The van der Waals surface area contributed by atoms with Crippen LogP contribution in [0.2, 0.25) is 0 Å². The fourth-order valence-corrected chi connectivity index (χ4v) is 2.87. The molecule has 0 spiro atoms. The first-order valence-electron chi connectivity index (χ1n) is 12.6. The maximum absolute atomic E-state index is 12.4. The molecule has 1 unspecified atom stereocenters. The van der Waals surface area contributed by atoms with Crippen LogP contribution in [-0.2, 0) is 19.1 Å². The lowest BCUT2D eigenvalue weighted by atomic mass is 10.2. The molecule has 4 N–H and O–H groups in total. The Morgan fingerprint density at radius 1 is 0.897 bits per heavy atom. The number of hydrogen-bond acceptors (Lipinski definition) is 9. The van der Waals surface area contributed by atoms with E-state index in [1.54, 1.807) is 41.5 Å². The molecular formula is C27H40N2O10. The van der Waals surface area contributed by atoms with Gasteiger partial charge in [-0.3, -0.25) is 4.79 Å². The van der Waals surface area contributed by atoms with E-state index in [1.165, 1.54) is 24.3 Å². The Balaban J connectivity index is 2.71. The highest BCUT2D eigenvalue weighted by atomic mass is 16.6. The van der Waals surface area contributed by atoms with Crippen molar-refractivity contribution in [2.75, 3.05) is 13.1 Å². The first-order valence-corrected chi connectivity index (χ1v) is 12.6. The number of carboxylic acid groups (broad SMARTS) is 1. The summed E-state index contributed by atoms with van der Waals surface area (Å²) in [6.07, 6.45) is 0.562. The molecule has 0 fully saturated rings. The van der Waals surface area contributed by atoms with Crippen LogP contribution in [0.3, 0.4) is 0 Å². The quantitative estimate of drug-likeness (QED) is 0.0922. The SMILES string of the molecule is CC(C)(C)OC(=O)NCCCC(=O)Oc1cc(/C=C/C(=O)O)ccc1OC(O)CCCNC(=O)OC(C)(C)C. The van der Waals surface area contributed by atoms with Crippen LogP contribution in [0.1, 0.15) is 72.8 Å². The van der Waals surface area contributed by atoms with E-state index < -0.39 is 41.6 Å². The van der Waals surface area contributed by atoms with E-state index in [2.05, 4.69) is 10.6 Å². The van der Waals surface area contributed by atoms with Gasteiger partial charge < -0.3 is 39.8 Å². The number of aliphatic carboxylic acids is 1. The molecule has 0 heterocycles. The van der Waals surface area contributed by atoms with Crippen molar-refractivity contribution in [2.24, 2.45) is 0 Å². The molecule has 0 radical (unpaired) electrons. The lowest BCUT2D eigenvalue weighted by Crippen LogP contribution is -2.33. The number of ether oxygens (including phenoxy) is 4. The number of nitrogens with one attached hydrogen (secondary N) is 2. The number of carboxylic acids is 1. The monoisotopic (exact) mass is 552 g/mol. The van der Waals surface area contributed by atoms with Gasteiger partial charge in [0.25, 0.3) is 0 Å². The van der Waals surface area contributed by atoms with E-state index >= 15 is 0 Å². The predicted molar refractivity (Wildman–Crippen MR) is 142 cm³/mol. The summed E-state index contributed by atoms with van der Waals surface area (Å²) in [4.78, 5) is 46.7. The van der Waals surface area contributed by atoms with E-state index in [-0.39, 0.29) is 43.9 Å². The number of hydrogen-bond donors (Lipinski definition) is 4. The van der Waals surface area contributed by atoms with E-state index in [4.69, 9.17) is 24.1 Å². The molecule has 2 amide bonds. The first kappa shape index (κ1) is 33.2. The van der Waals surface area contributed by atoms with Gasteiger partial charge in [0, 0.05) is 32.0 Å². The van der Waals surface area contributed by atoms with Crippen molar-refractivity contribution >= 4 is 30.2 Å². The highest BCUT2D eigenvalue weighted by Gasteiger charge is 2.18. The van der Waals surface area contributed by atoms with Crippen LogP contribution in [0.5, 0.6) is 11.5 Å². The van der Waals surface area contributed by atoms with Gasteiger partial charge in [-0.25, -0.2) is 14.4 Å². The Bertz CT molecular complexity index is 1010. The third kappa shape index (κ3) is 16.6. The normalized spacial score (nSPS) is 12.4. The Labute approximate surface area is 228 Å². The van der Waals surface area contributed by atoms with Gasteiger partial charge in [0.15, 0.2) is 17.8 Å². The molecule has 12 heteroatoms. The van der Waals surface area contributed by atoms with E-state index in [9.17, 15) is 24.3 Å². The van der Waals surface area contributed by atoms with Crippen LogP contribution >= 0.6 is 0 Å². The number of rotatable bonds is 13. The van der Waals surface area contributed by atoms with Crippen molar-refractivity contribution in [3.8, 4) is 11.5 Å². The fourth-order valence-electron chi connectivity index (χ4n) is 2.87. The second-order valence-corrected chi connectivity index (χ2v) is 10.5. The molecule has 0 bridgehead atoms. The van der Waals surface area contributed by atoms with Crippen LogP contribution < -0.4 is 20.1 Å². The van der Waals surface area contributed by atoms with Gasteiger partial charge in [-0.1, -0.05) is 6.07 Å². The number of amides is 2. The summed E-state index contributed by atoms with van der Waals surface area (Å²) in [5, 5.41) is 24.3. The molecule has 0 aliphatic rings. The summed E-state index contributed by atoms with van der Waals surface area (Å²) >= 11 is 0. The number of benzene rings is 1. The third-order valence-electron chi connectivity index (χ3n) is 4.39. The van der Waals surface area contributed by atoms with Crippen molar-refractivity contribution in [1.29, 1.82) is 0 Å². The zero-order valence-corrected chi connectivity index (χ0v) is 23.4. The van der Waals surface area contributed by atoms with Gasteiger partial charge in [0.2, 0.25) is 0 Å². The largest absolute Gasteiger partial charge is 0.478 e. The summed E-state index contributed by atoms with van der Waals surface area (Å²) in [6.45, 7) is 10.9. The number of carbonyl (C=O) groups is 4. The van der Waals surface area contributed by atoms with Gasteiger partial charge in [0.05, 0.1) is 0 Å². The minimum Gasteiger partial charge on any atom is -0.478 e. The van der Waals surface area contributed by atoms with Crippen molar-refractivity contribution in [3.63, 3.8) is 0 Å². The van der Waals surface area contributed by atoms with Crippen LogP contribution in [0.15, 0.2) is 24.3 Å². The molecule has 1 aromatic rings. The molecule has 0 saturated heterocycles. The first-order chi connectivity index (χ1) is 18.0. The maximum Gasteiger partial charge on any atom is 0.407 e. The van der Waals surface area contributed by atoms with Gasteiger partial charge >= 0.3 is 24.1 Å². The van der Waals surface area contributed by atoms with Crippen molar-refractivity contribution in [1.82, 2.24) is 10.6 Å². The summed E-state index contributed by atoms with van der Waals surface area (Å²) in [5.41, 5.74) is -0.838. The molecule has 0 aliphatic heterocycles. The van der Waals surface area contributed by atoms with Crippen molar-refractivity contribution in [3.05, 3.63) is 29.8 Å². The van der Waals surface area contributed by atoms with E-state index in [0.717, 1.165) is 6.08 Å². The predicted octanol–water partition coefficient (Wildman–Crippen LogP) is 4.00. The molecule has 218 valence electrons. The standard InChI is InChI=1S/C27H40N2O10/c1-26(2,3)38-24(34)28-15-7-9-22(32)36-19-13-11-18(12-14-21(30)31)17-20(19)37-23(33)10-8-16-29-25(35)39-27(4,5)6/h11-14,17,22,32H,7-10,15-16H2,1-6H3,(H,28,34)(H,29,35)(H,30,31)/b14-12+. The Hall–Kier alpha value is -3.80. The van der Waals surface area contributed by atoms with Gasteiger partial charge in [-0.15, -0.1) is 0 Å². The molecule has 0 saturated carbocycles. The second kappa shape index (κ2) is 15.6. The summed E-state index contributed by atoms with van der Waals surface area (Å²) in [5.74, 6) is -1.73. The average molecular weight is 553 g/mol.